The summed E-state index contributed by atoms with van der Waals surface area (Å²) in [6.07, 6.45) is 0.439. The second-order valence-electron chi connectivity index (χ2n) is 9.02. The zero-order chi connectivity index (χ0) is 24.3. The summed E-state index contributed by atoms with van der Waals surface area (Å²) >= 11 is 0. The number of morpholine rings is 1. The molecule has 1 amide bonds. The normalized spacial score (nSPS) is 22.5. The molecule has 2 saturated heterocycles. The van der Waals surface area contributed by atoms with Crippen molar-refractivity contribution in [3.05, 3.63) is 59.7 Å². The Balaban J connectivity index is 1.33. The maximum Gasteiger partial charge on any atom is 0.253 e. The summed E-state index contributed by atoms with van der Waals surface area (Å²) in [6, 6.07) is 14.1. The van der Waals surface area contributed by atoms with Crippen LogP contribution in [0.3, 0.4) is 0 Å². The molecule has 2 unspecified atom stereocenters. The van der Waals surface area contributed by atoms with Gasteiger partial charge in [-0.05, 0) is 55.8 Å². The zero-order valence-corrected chi connectivity index (χ0v) is 20.8. The average molecular weight is 488 g/mol. The highest BCUT2D eigenvalue weighted by Crippen LogP contribution is 2.21. The van der Waals surface area contributed by atoms with Crippen LogP contribution in [0.2, 0.25) is 0 Å². The molecule has 9 heteroatoms. The minimum atomic E-state index is -3.60. The molecule has 2 heterocycles. The van der Waals surface area contributed by atoms with Crippen molar-refractivity contribution >= 4 is 15.9 Å². The van der Waals surface area contributed by atoms with Gasteiger partial charge in [0.15, 0.2) is 0 Å². The van der Waals surface area contributed by atoms with E-state index in [1.807, 2.05) is 24.3 Å². The Labute approximate surface area is 202 Å². The van der Waals surface area contributed by atoms with Crippen molar-refractivity contribution < 1.29 is 22.7 Å². The van der Waals surface area contributed by atoms with Crippen molar-refractivity contribution in [2.45, 2.75) is 37.5 Å². The number of nitrogens with zero attached hydrogens (tertiary/aromatic N) is 3. The Kier molecular flexibility index (Phi) is 7.57. The molecule has 2 aliphatic rings. The Morgan fingerprint density at radius 2 is 1.53 bits per heavy atom. The molecule has 34 heavy (non-hydrogen) atoms. The first-order valence-corrected chi connectivity index (χ1v) is 13.1. The van der Waals surface area contributed by atoms with E-state index < -0.39 is 10.0 Å². The fraction of sp³-hybridized carbons (Fsp3) is 0.480. The molecule has 2 aromatic rings. The van der Waals surface area contributed by atoms with E-state index in [1.165, 1.54) is 11.4 Å². The van der Waals surface area contributed by atoms with E-state index in [4.69, 9.17) is 9.47 Å². The predicted molar refractivity (Wildman–Crippen MR) is 129 cm³/mol. The van der Waals surface area contributed by atoms with E-state index in [0.29, 0.717) is 24.4 Å². The number of carbonyl (C=O) groups excluding carboxylic acids is 1. The standard InChI is InChI=1S/C25H33N3O5S/c1-19-16-26(17-20(2)33-19)18-21-4-6-22(7-5-21)25(29)27-12-14-28(15-13-27)34(30,31)24-10-8-23(32-3)9-11-24/h4-11,19-20H,12-18H2,1-3H3. The van der Waals surface area contributed by atoms with Gasteiger partial charge in [-0.15, -0.1) is 0 Å². The summed E-state index contributed by atoms with van der Waals surface area (Å²) in [6.45, 7) is 8.06. The Morgan fingerprint density at radius 3 is 2.09 bits per heavy atom. The average Bonchev–Trinajstić information content (AvgIpc) is 2.83. The highest BCUT2D eigenvalue weighted by molar-refractivity contribution is 7.89. The molecule has 0 bridgehead atoms. The van der Waals surface area contributed by atoms with Gasteiger partial charge in [0.25, 0.3) is 5.91 Å². The third-order valence-corrected chi connectivity index (χ3v) is 8.24. The van der Waals surface area contributed by atoms with Crippen LogP contribution >= 0.6 is 0 Å². The summed E-state index contributed by atoms with van der Waals surface area (Å²) in [5.41, 5.74) is 1.78. The van der Waals surface area contributed by atoms with Gasteiger partial charge >= 0.3 is 0 Å². The van der Waals surface area contributed by atoms with Crippen molar-refractivity contribution in [2.24, 2.45) is 0 Å². The predicted octanol–water partition coefficient (Wildman–Crippen LogP) is 2.45. The number of carbonyl (C=O) groups is 1. The Hall–Kier alpha value is -2.46. The van der Waals surface area contributed by atoms with Gasteiger partial charge in [0.2, 0.25) is 10.0 Å². The lowest BCUT2D eigenvalue weighted by molar-refractivity contribution is -0.0704. The molecular weight excluding hydrogens is 454 g/mol. The molecule has 0 aromatic heterocycles. The van der Waals surface area contributed by atoms with E-state index in [9.17, 15) is 13.2 Å². The fourth-order valence-corrected chi connectivity index (χ4v) is 6.06. The van der Waals surface area contributed by atoms with Crippen LogP contribution in [0, 0.1) is 0 Å². The lowest BCUT2D eigenvalue weighted by Crippen LogP contribution is -2.50. The number of methoxy groups -OCH3 is 1. The van der Waals surface area contributed by atoms with Crippen LogP contribution in [-0.4, -0.2) is 87.0 Å². The number of rotatable bonds is 6. The van der Waals surface area contributed by atoms with Crippen molar-refractivity contribution in [1.82, 2.24) is 14.1 Å². The van der Waals surface area contributed by atoms with Crippen molar-refractivity contribution in [1.29, 1.82) is 0 Å². The van der Waals surface area contributed by atoms with Crippen LogP contribution in [0.15, 0.2) is 53.4 Å². The number of piperazine rings is 1. The van der Waals surface area contributed by atoms with Gasteiger partial charge in [0.05, 0.1) is 24.2 Å². The third kappa shape index (κ3) is 5.60. The molecule has 0 spiro atoms. The fourth-order valence-electron chi connectivity index (χ4n) is 4.64. The second-order valence-corrected chi connectivity index (χ2v) is 11.0. The van der Waals surface area contributed by atoms with Gasteiger partial charge in [-0.3, -0.25) is 9.69 Å². The Bertz CT molecular complexity index is 1070. The zero-order valence-electron chi connectivity index (χ0n) is 20.0. The van der Waals surface area contributed by atoms with Gasteiger partial charge < -0.3 is 14.4 Å². The molecule has 184 valence electrons. The molecule has 4 rings (SSSR count). The molecule has 0 radical (unpaired) electrons. The van der Waals surface area contributed by atoms with Gasteiger partial charge in [-0.2, -0.15) is 4.31 Å². The van der Waals surface area contributed by atoms with Crippen LogP contribution < -0.4 is 4.74 Å². The maximum absolute atomic E-state index is 13.0. The number of hydrogen-bond acceptors (Lipinski definition) is 6. The second kappa shape index (κ2) is 10.4. The molecule has 0 aliphatic carbocycles. The molecule has 0 N–H and O–H groups in total. The first-order chi connectivity index (χ1) is 16.3. The molecule has 0 saturated carbocycles. The monoisotopic (exact) mass is 487 g/mol. The maximum atomic E-state index is 13.0. The first-order valence-electron chi connectivity index (χ1n) is 11.7. The smallest absolute Gasteiger partial charge is 0.253 e. The van der Waals surface area contributed by atoms with Crippen LogP contribution in [0.25, 0.3) is 0 Å². The summed E-state index contributed by atoms with van der Waals surface area (Å²) in [7, 11) is -2.06. The van der Waals surface area contributed by atoms with E-state index >= 15 is 0 Å². The SMILES string of the molecule is COc1ccc(S(=O)(=O)N2CCN(C(=O)c3ccc(CN4CC(C)OC(C)C4)cc3)CC2)cc1. The van der Waals surface area contributed by atoms with E-state index in [-0.39, 0.29) is 36.1 Å². The number of amides is 1. The molecule has 2 fully saturated rings. The van der Waals surface area contributed by atoms with Crippen molar-refractivity contribution in [3.63, 3.8) is 0 Å². The lowest BCUT2D eigenvalue weighted by Gasteiger charge is -2.35. The molecule has 8 nitrogen and oxygen atoms in total. The van der Waals surface area contributed by atoms with Crippen molar-refractivity contribution in [2.75, 3.05) is 46.4 Å². The number of ether oxygens (including phenoxy) is 2. The molecular formula is C25H33N3O5S. The van der Waals surface area contributed by atoms with Crippen molar-refractivity contribution in [3.8, 4) is 5.75 Å². The van der Waals surface area contributed by atoms with Gasteiger partial charge in [-0.1, -0.05) is 12.1 Å². The van der Waals surface area contributed by atoms with E-state index in [0.717, 1.165) is 25.2 Å². The highest BCUT2D eigenvalue weighted by Gasteiger charge is 2.30. The minimum absolute atomic E-state index is 0.0679. The molecule has 2 aliphatic heterocycles. The lowest BCUT2D eigenvalue weighted by atomic mass is 10.1. The topological polar surface area (TPSA) is 79.4 Å². The largest absolute Gasteiger partial charge is 0.497 e. The van der Waals surface area contributed by atoms with E-state index in [1.54, 1.807) is 29.2 Å². The molecule has 2 aromatic carbocycles. The molecule has 2 atom stereocenters. The van der Waals surface area contributed by atoms with Gasteiger partial charge in [0.1, 0.15) is 5.75 Å². The summed E-state index contributed by atoms with van der Waals surface area (Å²) < 4.78 is 38.2. The summed E-state index contributed by atoms with van der Waals surface area (Å²) in [5, 5.41) is 0. The number of sulfonamides is 1. The van der Waals surface area contributed by atoms with Crippen LogP contribution in [0.5, 0.6) is 5.75 Å². The van der Waals surface area contributed by atoms with Crippen LogP contribution in [0.1, 0.15) is 29.8 Å². The van der Waals surface area contributed by atoms with Gasteiger partial charge in [-0.25, -0.2) is 8.42 Å². The first kappa shape index (κ1) is 24.7. The highest BCUT2D eigenvalue weighted by atomic mass is 32.2. The summed E-state index contributed by atoms with van der Waals surface area (Å²) in [5.74, 6) is 0.538. The van der Waals surface area contributed by atoms with Crippen LogP contribution in [-0.2, 0) is 21.3 Å². The minimum Gasteiger partial charge on any atom is -0.497 e. The number of benzene rings is 2. The van der Waals surface area contributed by atoms with E-state index in [2.05, 4.69) is 18.7 Å². The Morgan fingerprint density at radius 1 is 0.941 bits per heavy atom. The third-order valence-electron chi connectivity index (χ3n) is 6.33. The summed E-state index contributed by atoms with van der Waals surface area (Å²) in [4.78, 5) is 17.3. The van der Waals surface area contributed by atoms with Gasteiger partial charge in [0, 0.05) is 51.4 Å². The number of hydrogen-bond donors (Lipinski definition) is 0. The quantitative estimate of drug-likeness (QED) is 0.623. The van der Waals surface area contributed by atoms with Crippen LogP contribution in [0.4, 0.5) is 0 Å².